The zero-order chi connectivity index (χ0) is 9.10. The summed E-state index contributed by atoms with van der Waals surface area (Å²) >= 11 is 0. The summed E-state index contributed by atoms with van der Waals surface area (Å²) in [6, 6.07) is 14.4. The molecule has 0 aliphatic heterocycles. The average molecular weight is 172 g/mol. The summed E-state index contributed by atoms with van der Waals surface area (Å²) < 4.78 is 0. The number of fused-ring (bicyclic) bond motifs is 1. The van der Waals surface area contributed by atoms with Crippen molar-refractivity contribution in [3.8, 4) is 11.1 Å². The van der Waals surface area contributed by atoms with E-state index in [1.54, 1.807) is 0 Å². The molecule has 2 aliphatic carbocycles. The summed E-state index contributed by atoms with van der Waals surface area (Å²) in [6.07, 6.45) is 0.731. The van der Waals surface area contributed by atoms with Crippen molar-refractivity contribution in [3.05, 3.63) is 48.0 Å². The van der Waals surface area contributed by atoms with Crippen LogP contribution in [0.4, 0.5) is 0 Å². The molecule has 0 unspecified atom stereocenters. The first-order valence-corrected chi connectivity index (χ1v) is 4.49. The van der Waals surface area contributed by atoms with E-state index in [2.05, 4.69) is 24.3 Å². The molecule has 0 radical (unpaired) electrons. The van der Waals surface area contributed by atoms with E-state index < -0.39 is 0 Å². The molecule has 0 atom stereocenters. The Morgan fingerprint density at radius 3 is 2.54 bits per heavy atom. The lowest BCUT2D eigenvalue weighted by atomic mass is 10.1. The predicted molar refractivity (Wildman–Crippen MR) is 53.9 cm³/mol. The summed E-state index contributed by atoms with van der Waals surface area (Å²) in [5, 5.41) is 8.90. The SMILES string of the molecule is OCCc1ccccc2cccc1-2. The maximum Gasteiger partial charge on any atom is 0.0471 e. The van der Waals surface area contributed by atoms with Crippen LogP contribution in [0.5, 0.6) is 0 Å². The van der Waals surface area contributed by atoms with Crippen molar-refractivity contribution in [1.82, 2.24) is 0 Å². The van der Waals surface area contributed by atoms with Gasteiger partial charge in [0.05, 0.1) is 0 Å². The molecule has 0 heterocycles. The van der Waals surface area contributed by atoms with Crippen molar-refractivity contribution in [2.24, 2.45) is 0 Å². The molecule has 0 aromatic carbocycles. The molecular formula is C12H12O. The Kier molecular flexibility index (Phi) is 2.28. The second-order valence-corrected chi connectivity index (χ2v) is 3.11. The van der Waals surface area contributed by atoms with E-state index in [0.29, 0.717) is 0 Å². The minimum Gasteiger partial charge on any atom is -0.396 e. The van der Waals surface area contributed by atoms with E-state index in [9.17, 15) is 0 Å². The second-order valence-electron chi connectivity index (χ2n) is 3.11. The topological polar surface area (TPSA) is 20.2 Å². The quantitative estimate of drug-likeness (QED) is 0.737. The van der Waals surface area contributed by atoms with Crippen LogP contribution in [0, 0.1) is 0 Å². The number of hydrogen-bond acceptors (Lipinski definition) is 1. The lowest BCUT2D eigenvalue weighted by Gasteiger charge is -2.00. The Hall–Kier alpha value is -1.34. The van der Waals surface area contributed by atoms with Gasteiger partial charge in [0.25, 0.3) is 0 Å². The zero-order valence-corrected chi connectivity index (χ0v) is 7.40. The number of aliphatic hydroxyl groups excluding tert-OH is 1. The van der Waals surface area contributed by atoms with Crippen molar-refractivity contribution in [2.75, 3.05) is 6.61 Å². The molecule has 2 rings (SSSR count). The normalized spacial score (nSPS) is 10.5. The zero-order valence-electron chi connectivity index (χ0n) is 7.40. The Morgan fingerprint density at radius 1 is 0.923 bits per heavy atom. The Balaban J connectivity index is 2.53. The largest absolute Gasteiger partial charge is 0.396 e. The number of aliphatic hydroxyl groups is 1. The van der Waals surface area contributed by atoms with Crippen LogP contribution in [-0.4, -0.2) is 11.7 Å². The van der Waals surface area contributed by atoms with E-state index in [-0.39, 0.29) is 6.61 Å². The first-order chi connectivity index (χ1) is 6.42. The lowest BCUT2D eigenvalue weighted by molar-refractivity contribution is 0.300. The summed E-state index contributed by atoms with van der Waals surface area (Å²) in [6.45, 7) is 0.213. The molecule has 0 aromatic heterocycles. The van der Waals surface area contributed by atoms with E-state index in [4.69, 9.17) is 5.11 Å². The van der Waals surface area contributed by atoms with Gasteiger partial charge < -0.3 is 5.11 Å². The van der Waals surface area contributed by atoms with Crippen LogP contribution in [0.3, 0.4) is 0 Å². The fourth-order valence-corrected chi connectivity index (χ4v) is 1.63. The van der Waals surface area contributed by atoms with Crippen LogP contribution in [-0.2, 0) is 6.42 Å². The third kappa shape index (κ3) is 1.56. The third-order valence-electron chi connectivity index (χ3n) is 2.26. The van der Waals surface area contributed by atoms with Crippen LogP contribution >= 0.6 is 0 Å². The van der Waals surface area contributed by atoms with E-state index >= 15 is 0 Å². The van der Waals surface area contributed by atoms with Crippen LogP contribution in [0.15, 0.2) is 42.5 Å². The standard InChI is InChI=1S/C12H12O/c13-9-8-11-5-2-1-4-10-6-3-7-12(10)11/h1-7,13H,8-9H2. The van der Waals surface area contributed by atoms with Crippen molar-refractivity contribution >= 4 is 0 Å². The van der Waals surface area contributed by atoms with E-state index in [1.165, 1.54) is 16.7 Å². The molecule has 0 amide bonds. The van der Waals surface area contributed by atoms with Gasteiger partial charge in [-0.2, -0.15) is 0 Å². The molecule has 1 nitrogen and oxygen atoms in total. The first-order valence-electron chi connectivity index (χ1n) is 4.49. The third-order valence-corrected chi connectivity index (χ3v) is 2.26. The molecule has 0 saturated heterocycles. The van der Waals surface area contributed by atoms with Gasteiger partial charge in [0.1, 0.15) is 0 Å². The molecule has 0 bridgehead atoms. The Labute approximate surface area is 78.0 Å². The molecule has 66 valence electrons. The van der Waals surface area contributed by atoms with Crippen LogP contribution in [0.25, 0.3) is 11.1 Å². The van der Waals surface area contributed by atoms with Crippen LogP contribution in [0.1, 0.15) is 5.56 Å². The van der Waals surface area contributed by atoms with Crippen molar-refractivity contribution in [2.45, 2.75) is 6.42 Å². The fraction of sp³-hybridized carbons (Fsp3) is 0.167. The van der Waals surface area contributed by atoms with Gasteiger partial charge in [-0.1, -0.05) is 42.5 Å². The van der Waals surface area contributed by atoms with Gasteiger partial charge in [0.15, 0.2) is 0 Å². The highest BCUT2D eigenvalue weighted by atomic mass is 16.2. The van der Waals surface area contributed by atoms with Crippen molar-refractivity contribution < 1.29 is 5.11 Å². The maximum atomic E-state index is 8.90. The van der Waals surface area contributed by atoms with Crippen molar-refractivity contribution in [1.29, 1.82) is 0 Å². The van der Waals surface area contributed by atoms with Gasteiger partial charge >= 0.3 is 0 Å². The first kappa shape index (κ1) is 8.27. The van der Waals surface area contributed by atoms with E-state index in [1.807, 2.05) is 18.2 Å². The molecule has 13 heavy (non-hydrogen) atoms. The minimum atomic E-state index is 0.213. The number of rotatable bonds is 2. The smallest absolute Gasteiger partial charge is 0.0471 e. The summed E-state index contributed by atoms with van der Waals surface area (Å²) in [4.78, 5) is 0. The van der Waals surface area contributed by atoms with Gasteiger partial charge in [0, 0.05) is 6.61 Å². The average Bonchev–Trinajstić information content (AvgIpc) is 2.52. The summed E-state index contributed by atoms with van der Waals surface area (Å²) in [7, 11) is 0. The monoisotopic (exact) mass is 172 g/mol. The van der Waals surface area contributed by atoms with Gasteiger partial charge in [-0.25, -0.2) is 0 Å². The predicted octanol–water partition coefficient (Wildman–Crippen LogP) is 2.33. The van der Waals surface area contributed by atoms with Gasteiger partial charge in [-0.3, -0.25) is 0 Å². The van der Waals surface area contributed by atoms with Gasteiger partial charge in [0.2, 0.25) is 0 Å². The molecule has 0 spiro atoms. The summed E-state index contributed by atoms with van der Waals surface area (Å²) in [5.41, 5.74) is 3.71. The molecular weight excluding hydrogens is 160 g/mol. The molecule has 2 aliphatic rings. The highest BCUT2D eigenvalue weighted by Gasteiger charge is 2.04. The van der Waals surface area contributed by atoms with Gasteiger partial charge in [-0.15, -0.1) is 0 Å². The van der Waals surface area contributed by atoms with Crippen LogP contribution < -0.4 is 0 Å². The van der Waals surface area contributed by atoms with E-state index in [0.717, 1.165) is 6.42 Å². The second kappa shape index (κ2) is 3.58. The lowest BCUT2D eigenvalue weighted by Crippen LogP contribution is -1.90. The molecule has 1 N–H and O–H groups in total. The minimum absolute atomic E-state index is 0.213. The Morgan fingerprint density at radius 2 is 1.69 bits per heavy atom. The van der Waals surface area contributed by atoms with Gasteiger partial charge in [-0.05, 0) is 23.1 Å². The highest BCUT2D eigenvalue weighted by molar-refractivity contribution is 5.69. The Bertz CT molecular complexity index is 368. The molecule has 0 fully saturated rings. The molecule has 1 heteroatoms. The number of hydrogen-bond donors (Lipinski definition) is 1. The highest BCUT2D eigenvalue weighted by Crippen LogP contribution is 2.25. The molecule has 0 aromatic rings. The summed E-state index contributed by atoms with van der Waals surface area (Å²) in [5.74, 6) is 0. The fourth-order valence-electron chi connectivity index (χ4n) is 1.63. The maximum absolute atomic E-state index is 8.90. The molecule has 0 saturated carbocycles. The van der Waals surface area contributed by atoms with Crippen molar-refractivity contribution in [3.63, 3.8) is 0 Å². The van der Waals surface area contributed by atoms with Crippen LogP contribution in [0.2, 0.25) is 0 Å².